The molecular weight excluding hydrogens is 1000 g/mol. The third kappa shape index (κ3) is 11.9. The van der Waals surface area contributed by atoms with Gasteiger partial charge in [0.2, 0.25) is 0 Å². The minimum absolute atomic E-state index is 0.0344. The maximum absolute atomic E-state index is 14.5. The molecule has 2 saturated heterocycles. The summed E-state index contributed by atoms with van der Waals surface area (Å²) in [5.41, 5.74) is -0.777. The molecule has 0 radical (unpaired) electrons. The second kappa shape index (κ2) is 22.8. The quantitative estimate of drug-likeness (QED) is 0.0757. The van der Waals surface area contributed by atoms with Crippen molar-refractivity contribution >= 4 is 34.4 Å². The number of hydrogen-bond acceptors (Lipinski definition) is 15. The number of ketones is 1. The number of fused-ring (bicyclic) bond motifs is 5. The summed E-state index contributed by atoms with van der Waals surface area (Å²) in [5, 5.41) is 37.6. The fourth-order valence-corrected chi connectivity index (χ4v) is 16.1. The molecule has 5 fully saturated rings. The van der Waals surface area contributed by atoms with Gasteiger partial charge in [0, 0.05) is 30.8 Å². The van der Waals surface area contributed by atoms with Crippen LogP contribution in [0.1, 0.15) is 151 Å². The summed E-state index contributed by atoms with van der Waals surface area (Å²) >= 11 is 0. The average molecular weight is 1100 g/mol. The van der Waals surface area contributed by atoms with Crippen molar-refractivity contribution in [3.63, 3.8) is 0 Å². The Balaban J connectivity index is 1.19. The lowest BCUT2D eigenvalue weighted by Crippen LogP contribution is -2.64. The van der Waals surface area contributed by atoms with Gasteiger partial charge >= 0.3 is 11.9 Å². The van der Waals surface area contributed by atoms with Crippen LogP contribution in [0.25, 0.3) is 0 Å². The van der Waals surface area contributed by atoms with Gasteiger partial charge in [-0.3, -0.25) is 9.59 Å². The number of aliphatic hydroxyl groups is 3. The van der Waals surface area contributed by atoms with Crippen molar-refractivity contribution < 1.29 is 71.7 Å². The molecule has 0 bridgehead atoms. The number of carbonyl (C=O) groups excluding carboxylic acids is 3. The van der Waals surface area contributed by atoms with Crippen LogP contribution in [0.15, 0.2) is 35.9 Å². The Kier molecular flexibility index (Phi) is 18.3. The number of carbonyl (C=O) groups is 3. The minimum Gasteiger partial charge on any atom is -0.497 e. The first-order valence-electron chi connectivity index (χ1n) is 28.4. The van der Waals surface area contributed by atoms with Crippen molar-refractivity contribution in [1.82, 2.24) is 0 Å². The number of benzene rings is 1. The highest BCUT2D eigenvalue weighted by Crippen LogP contribution is 2.69. The molecular formula is C59H96O15Si2. The van der Waals surface area contributed by atoms with E-state index < -0.39 is 101 Å². The summed E-state index contributed by atoms with van der Waals surface area (Å²) in [6.45, 7) is 33.2. The molecule has 2 aliphatic heterocycles. The van der Waals surface area contributed by atoms with E-state index in [1.807, 2.05) is 20.0 Å². The summed E-state index contributed by atoms with van der Waals surface area (Å²) in [5.74, 6) is -1.02. The molecule has 17 heteroatoms. The van der Waals surface area contributed by atoms with Crippen LogP contribution in [0.3, 0.4) is 0 Å². The highest BCUT2D eigenvalue weighted by molar-refractivity contribution is 6.74. The Morgan fingerprint density at radius 2 is 1.42 bits per heavy atom. The zero-order valence-electron chi connectivity index (χ0n) is 49.1. The van der Waals surface area contributed by atoms with Crippen LogP contribution in [-0.2, 0) is 46.9 Å². The molecule has 430 valence electrons. The number of Topliss-reactive ketones (excluding diaryl/α,β-unsaturated/α-hetero) is 1. The molecule has 0 aromatic heterocycles. The fraction of sp³-hybridized carbons (Fsp3) is 0.814. The molecule has 1 aromatic rings. The molecule has 4 aliphatic carbocycles. The third-order valence-electron chi connectivity index (χ3n) is 20.2. The molecule has 17 atom stereocenters. The molecule has 3 saturated carbocycles. The first kappa shape index (κ1) is 61.1. The first-order valence-corrected chi connectivity index (χ1v) is 34.2. The highest BCUT2D eigenvalue weighted by Gasteiger charge is 2.71. The zero-order chi connectivity index (χ0) is 56.3. The highest BCUT2D eigenvalue weighted by atomic mass is 28.4. The number of ether oxygens (including phenoxy) is 7. The monoisotopic (exact) mass is 1100 g/mol. The second-order valence-corrected chi connectivity index (χ2v) is 36.9. The van der Waals surface area contributed by atoms with Gasteiger partial charge in [0.25, 0.3) is 0 Å². The number of aliphatic hydroxyl groups excluding tert-OH is 2. The number of rotatable bonds is 17. The summed E-state index contributed by atoms with van der Waals surface area (Å²) in [4.78, 5) is 41.5. The van der Waals surface area contributed by atoms with Gasteiger partial charge < -0.3 is 57.3 Å². The Labute approximate surface area is 456 Å². The zero-order valence-corrected chi connectivity index (χ0v) is 51.1. The van der Waals surface area contributed by atoms with Gasteiger partial charge in [-0.2, -0.15) is 0 Å². The minimum atomic E-state index is -2.51. The Morgan fingerprint density at radius 3 is 2.03 bits per heavy atom. The summed E-state index contributed by atoms with van der Waals surface area (Å²) in [7, 11) is -2.98. The van der Waals surface area contributed by atoms with Crippen molar-refractivity contribution in [2.24, 2.45) is 40.4 Å². The number of esters is 2. The smallest absolute Gasteiger partial charge is 0.338 e. The van der Waals surface area contributed by atoms with Crippen molar-refractivity contribution in [1.29, 1.82) is 0 Å². The molecule has 2 heterocycles. The van der Waals surface area contributed by atoms with Gasteiger partial charge in [0.1, 0.15) is 35.4 Å². The van der Waals surface area contributed by atoms with E-state index in [1.165, 1.54) is 31.7 Å². The van der Waals surface area contributed by atoms with Crippen LogP contribution < -0.4 is 4.74 Å². The lowest BCUT2D eigenvalue weighted by atomic mass is 9.46. The molecule has 7 rings (SSSR count). The number of hydrogen-bond donors (Lipinski definition) is 3. The molecule has 15 nitrogen and oxygen atoms in total. The van der Waals surface area contributed by atoms with E-state index in [2.05, 4.69) is 88.4 Å². The second-order valence-electron chi connectivity index (χ2n) is 27.4. The maximum Gasteiger partial charge on any atom is 0.338 e. The van der Waals surface area contributed by atoms with E-state index in [9.17, 15) is 29.7 Å². The third-order valence-corrected chi connectivity index (χ3v) is 29.3. The van der Waals surface area contributed by atoms with Gasteiger partial charge in [-0.05, 0) is 141 Å². The molecule has 1 unspecified atom stereocenters. The normalized spacial score (nSPS) is 37.5. The number of methoxy groups -OCH3 is 1. The van der Waals surface area contributed by atoms with Crippen molar-refractivity contribution in [3.05, 3.63) is 41.5 Å². The van der Waals surface area contributed by atoms with Gasteiger partial charge in [-0.15, -0.1) is 0 Å². The first-order chi connectivity index (χ1) is 35.2. The summed E-state index contributed by atoms with van der Waals surface area (Å²) < 4.78 is 57.3. The van der Waals surface area contributed by atoms with Crippen LogP contribution in [0.2, 0.25) is 36.3 Å². The van der Waals surface area contributed by atoms with E-state index in [4.69, 9.17) is 42.0 Å². The van der Waals surface area contributed by atoms with E-state index in [0.29, 0.717) is 37.4 Å². The van der Waals surface area contributed by atoms with Crippen molar-refractivity contribution in [3.8, 4) is 5.75 Å². The molecule has 0 amide bonds. The molecule has 6 aliphatic rings. The van der Waals surface area contributed by atoms with E-state index in [-0.39, 0.29) is 63.9 Å². The van der Waals surface area contributed by atoms with Crippen LogP contribution in [0, 0.1) is 40.4 Å². The maximum atomic E-state index is 14.5. The molecule has 3 N–H and O–H groups in total. The van der Waals surface area contributed by atoms with E-state index in [1.54, 1.807) is 12.1 Å². The van der Waals surface area contributed by atoms with Gasteiger partial charge in [-0.25, -0.2) is 4.79 Å². The Morgan fingerprint density at radius 1 is 0.803 bits per heavy atom. The molecule has 76 heavy (non-hydrogen) atoms. The van der Waals surface area contributed by atoms with E-state index >= 15 is 0 Å². The Bertz CT molecular complexity index is 2240. The standard InChI is InChI=1S/C59H96O15Si2/c1-34(2)18-25-44(61)35(3)59(65)47(31-43-41-24-21-38-30-40(73-75(14,15)55(5,6)7)26-28-57(38,11)42(41)27-29-58(43,59)12)70-54-51(69-36(4)60)49(45(62)32-67-54)72-53-50(71-52(64)37-19-22-39(66-13)23-20-37)48(63)46(33-68-53)74-76(16,17)56(8,9)10/h19-23,34-35,40-43,45-51,53-54,62-63,65H,18,24-33H2,1-17H3/t35-,40+,41-,42?,43+,45+,46-,47+,48+,49+,50-,51-,53+,54+,57+,58+,59-/m1/s1. The summed E-state index contributed by atoms with van der Waals surface area (Å²) in [6.07, 6.45) is -2.50. The van der Waals surface area contributed by atoms with Gasteiger partial charge in [0.05, 0.1) is 38.1 Å². The SMILES string of the molecule is COc1ccc(C(=O)O[C@H]2[C@H](O[C@@H]3[C@@H](OC(C)=O)[C@H](O[C@H]4C[C@H]5[C@@H]6CC=C7C[C@@H](O[Si](C)(C)C(C)(C)C)CC[C@]7(C)C6CC[C@]5(C)[C@@]4(O)[C@H](C)C(=O)CCC(C)C)OC[C@@H]3O)OC[C@@H](O[Si](C)(C)C(C)(C)C)[C@@H]2O)cc1. The van der Waals surface area contributed by atoms with Crippen LogP contribution in [-0.4, -0.2) is 137 Å². The largest absolute Gasteiger partial charge is 0.497 e. The van der Waals surface area contributed by atoms with Gasteiger partial charge in [-0.1, -0.05) is 87.8 Å². The Hall–Kier alpha value is -2.56. The topological polar surface area (TPSA) is 195 Å². The predicted octanol–water partition coefficient (Wildman–Crippen LogP) is 10.1. The van der Waals surface area contributed by atoms with Crippen LogP contribution in [0.5, 0.6) is 5.75 Å². The predicted molar refractivity (Wildman–Crippen MR) is 293 cm³/mol. The van der Waals surface area contributed by atoms with Crippen LogP contribution in [0.4, 0.5) is 0 Å². The molecule has 0 spiro atoms. The summed E-state index contributed by atoms with van der Waals surface area (Å²) in [6, 6.07) is 6.31. The van der Waals surface area contributed by atoms with E-state index in [0.717, 1.165) is 32.1 Å². The average Bonchev–Trinajstić information content (AvgIpc) is 3.56. The lowest BCUT2D eigenvalue weighted by molar-refractivity contribution is -0.344. The van der Waals surface area contributed by atoms with Crippen molar-refractivity contribution in [2.45, 2.75) is 244 Å². The fourth-order valence-electron chi connectivity index (χ4n) is 13.4. The number of allylic oxidation sites excluding steroid dienone is 1. The lowest BCUT2D eigenvalue weighted by Gasteiger charge is -2.60. The van der Waals surface area contributed by atoms with Crippen LogP contribution >= 0.6 is 0 Å². The van der Waals surface area contributed by atoms with Crippen molar-refractivity contribution in [2.75, 3.05) is 20.3 Å². The molecule has 1 aromatic carbocycles. The van der Waals surface area contributed by atoms with Gasteiger partial charge in [0.15, 0.2) is 41.4 Å².